The molecule has 1 aromatic heterocycles. The van der Waals surface area contributed by atoms with Crippen molar-refractivity contribution in [2.45, 2.75) is 52.0 Å². The fourth-order valence-electron chi connectivity index (χ4n) is 3.61. The third kappa shape index (κ3) is 2.55. The third-order valence-corrected chi connectivity index (χ3v) is 4.80. The number of para-hydroxylation sites is 2. The van der Waals surface area contributed by atoms with Gasteiger partial charge < -0.3 is 9.67 Å². The van der Waals surface area contributed by atoms with Crippen molar-refractivity contribution in [3.05, 3.63) is 30.1 Å². The lowest BCUT2D eigenvalue weighted by molar-refractivity contribution is -0.137. The molecule has 4 nitrogen and oxygen atoms in total. The van der Waals surface area contributed by atoms with Gasteiger partial charge in [-0.3, -0.25) is 4.79 Å². The Bertz CT molecular complexity index is 672. The number of imidazole rings is 1. The number of aromatic nitrogens is 2. The van der Waals surface area contributed by atoms with Crippen molar-refractivity contribution in [2.24, 2.45) is 5.41 Å². The van der Waals surface area contributed by atoms with E-state index in [1.165, 1.54) is 12.8 Å². The van der Waals surface area contributed by atoms with Crippen LogP contribution >= 0.6 is 0 Å². The summed E-state index contributed by atoms with van der Waals surface area (Å²) in [5.74, 6) is 0.725. The van der Waals surface area contributed by atoms with E-state index in [-0.39, 0.29) is 11.8 Å². The number of aryl methyl sites for hydroxylation is 1. The number of nitrogens with zero attached hydrogens (tertiary/aromatic N) is 2. The summed E-state index contributed by atoms with van der Waals surface area (Å²) >= 11 is 0. The lowest BCUT2D eigenvalue weighted by atomic mass is 9.81. The second kappa shape index (κ2) is 5.17. The molecule has 0 aliphatic heterocycles. The van der Waals surface area contributed by atoms with Crippen LogP contribution in [0.2, 0.25) is 0 Å². The maximum atomic E-state index is 11.0. The first-order valence-corrected chi connectivity index (χ1v) is 7.66. The van der Waals surface area contributed by atoms with Gasteiger partial charge in [-0.1, -0.05) is 32.4 Å². The van der Waals surface area contributed by atoms with Crippen molar-refractivity contribution < 1.29 is 9.90 Å². The molecule has 4 heteroatoms. The van der Waals surface area contributed by atoms with Gasteiger partial charge in [-0.05, 0) is 30.4 Å². The van der Waals surface area contributed by atoms with Gasteiger partial charge in [-0.15, -0.1) is 0 Å². The van der Waals surface area contributed by atoms with Crippen molar-refractivity contribution in [3.63, 3.8) is 0 Å². The summed E-state index contributed by atoms with van der Waals surface area (Å²) in [4.78, 5) is 15.8. The summed E-state index contributed by atoms with van der Waals surface area (Å²) in [6.07, 6.45) is 3.71. The zero-order chi connectivity index (χ0) is 15.0. The molecule has 21 heavy (non-hydrogen) atoms. The molecule has 1 heterocycles. The molecular weight excluding hydrogens is 264 g/mol. The minimum atomic E-state index is -0.760. The van der Waals surface area contributed by atoms with Crippen molar-refractivity contribution >= 4 is 17.0 Å². The lowest BCUT2D eigenvalue weighted by Gasteiger charge is -2.27. The molecule has 0 radical (unpaired) electrons. The minimum absolute atomic E-state index is 0.139. The van der Waals surface area contributed by atoms with Gasteiger partial charge in [0.05, 0.1) is 17.5 Å². The first-order valence-electron chi connectivity index (χ1n) is 7.66. The van der Waals surface area contributed by atoms with Crippen LogP contribution in [0.4, 0.5) is 0 Å². The van der Waals surface area contributed by atoms with Gasteiger partial charge in [0.2, 0.25) is 0 Å². The fourth-order valence-corrected chi connectivity index (χ4v) is 3.61. The molecule has 1 unspecified atom stereocenters. The molecule has 1 saturated carbocycles. The van der Waals surface area contributed by atoms with E-state index in [9.17, 15) is 4.79 Å². The minimum Gasteiger partial charge on any atom is -0.481 e. The Morgan fingerprint density at radius 3 is 2.86 bits per heavy atom. The summed E-state index contributed by atoms with van der Waals surface area (Å²) < 4.78 is 2.13. The number of carboxylic acids is 1. The first-order chi connectivity index (χ1) is 9.99. The van der Waals surface area contributed by atoms with Gasteiger partial charge in [-0.2, -0.15) is 0 Å². The standard InChI is InChI=1S/C17H22N2O2/c1-17(2)10-5-6-12(17)16-18-13-7-3-4-8-14(13)19(16)11-9-15(20)21/h3-4,7-8,12H,5-6,9-11H2,1-2H3,(H,20,21). The van der Waals surface area contributed by atoms with Crippen molar-refractivity contribution in [3.8, 4) is 0 Å². The quantitative estimate of drug-likeness (QED) is 0.930. The molecule has 1 aliphatic carbocycles. The molecule has 2 aromatic rings. The van der Waals surface area contributed by atoms with Crippen LogP contribution in [0.15, 0.2) is 24.3 Å². The van der Waals surface area contributed by atoms with Gasteiger partial charge >= 0.3 is 5.97 Å². The van der Waals surface area contributed by atoms with E-state index in [1.807, 2.05) is 24.3 Å². The van der Waals surface area contributed by atoms with E-state index >= 15 is 0 Å². The molecule has 1 N–H and O–H groups in total. The summed E-state index contributed by atoms with van der Waals surface area (Å²) in [5.41, 5.74) is 2.26. The Hall–Kier alpha value is -1.84. The van der Waals surface area contributed by atoms with Crippen LogP contribution in [0.3, 0.4) is 0 Å². The third-order valence-electron chi connectivity index (χ3n) is 4.80. The van der Waals surface area contributed by atoms with E-state index in [1.54, 1.807) is 0 Å². The second-order valence-electron chi connectivity index (χ2n) is 6.69. The topological polar surface area (TPSA) is 55.1 Å². The maximum Gasteiger partial charge on any atom is 0.305 e. The smallest absolute Gasteiger partial charge is 0.305 e. The molecule has 0 saturated heterocycles. The molecule has 1 fully saturated rings. The summed E-state index contributed by atoms with van der Waals surface area (Å²) in [7, 11) is 0. The molecule has 0 amide bonds. The van der Waals surface area contributed by atoms with E-state index < -0.39 is 5.97 Å². The van der Waals surface area contributed by atoms with Crippen LogP contribution in [-0.2, 0) is 11.3 Å². The Kier molecular flexibility index (Phi) is 3.47. The average molecular weight is 286 g/mol. The number of carboxylic acid groups (broad SMARTS) is 1. The number of carbonyl (C=O) groups is 1. The Balaban J connectivity index is 2.08. The molecule has 112 valence electrons. The normalized spacial score (nSPS) is 21.0. The molecule has 1 aromatic carbocycles. The molecule has 0 bridgehead atoms. The van der Waals surface area contributed by atoms with E-state index in [2.05, 4.69) is 18.4 Å². The number of hydrogen-bond donors (Lipinski definition) is 1. The second-order valence-corrected chi connectivity index (χ2v) is 6.69. The van der Waals surface area contributed by atoms with Gasteiger partial charge in [0, 0.05) is 12.5 Å². The van der Waals surface area contributed by atoms with Gasteiger partial charge in [0.25, 0.3) is 0 Å². The Morgan fingerprint density at radius 1 is 1.43 bits per heavy atom. The molecule has 1 aliphatic rings. The average Bonchev–Trinajstić information content (AvgIpc) is 2.95. The highest BCUT2D eigenvalue weighted by Gasteiger charge is 2.38. The summed E-state index contributed by atoms with van der Waals surface area (Å²) in [5, 5.41) is 9.01. The van der Waals surface area contributed by atoms with Crippen LogP contribution in [0, 0.1) is 5.41 Å². The van der Waals surface area contributed by atoms with E-state index in [4.69, 9.17) is 10.1 Å². The predicted molar refractivity (Wildman–Crippen MR) is 82.4 cm³/mol. The largest absolute Gasteiger partial charge is 0.481 e. The first kappa shape index (κ1) is 14.1. The lowest BCUT2D eigenvalue weighted by Crippen LogP contribution is -2.20. The van der Waals surface area contributed by atoms with Crippen LogP contribution in [0.25, 0.3) is 11.0 Å². The number of benzene rings is 1. The number of aliphatic carboxylic acids is 1. The molecule has 3 rings (SSSR count). The van der Waals surface area contributed by atoms with E-state index in [0.29, 0.717) is 12.5 Å². The summed E-state index contributed by atoms with van der Waals surface area (Å²) in [6, 6.07) is 8.03. The van der Waals surface area contributed by atoms with Crippen molar-refractivity contribution in [2.75, 3.05) is 0 Å². The fraction of sp³-hybridized carbons (Fsp3) is 0.529. The highest BCUT2D eigenvalue weighted by Crippen LogP contribution is 2.48. The highest BCUT2D eigenvalue weighted by molar-refractivity contribution is 5.76. The predicted octanol–water partition coefficient (Wildman–Crippen LogP) is 3.80. The van der Waals surface area contributed by atoms with Gasteiger partial charge in [-0.25, -0.2) is 4.98 Å². The zero-order valence-electron chi connectivity index (χ0n) is 12.7. The van der Waals surface area contributed by atoms with E-state index in [0.717, 1.165) is 23.3 Å². The summed E-state index contributed by atoms with van der Waals surface area (Å²) in [6.45, 7) is 5.09. The van der Waals surface area contributed by atoms with Crippen LogP contribution in [0.5, 0.6) is 0 Å². The van der Waals surface area contributed by atoms with Gasteiger partial charge in [0.15, 0.2) is 0 Å². The highest BCUT2D eigenvalue weighted by atomic mass is 16.4. The number of fused-ring (bicyclic) bond motifs is 1. The van der Waals surface area contributed by atoms with Crippen LogP contribution in [-0.4, -0.2) is 20.6 Å². The van der Waals surface area contributed by atoms with Crippen LogP contribution < -0.4 is 0 Å². The maximum absolute atomic E-state index is 11.0. The van der Waals surface area contributed by atoms with Crippen LogP contribution in [0.1, 0.15) is 51.3 Å². The Labute approximate surface area is 124 Å². The van der Waals surface area contributed by atoms with Crippen molar-refractivity contribution in [1.82, 2.24) is 9.55 Å². The van der Waals surface area contributed by atoms with Crippen molar-refractivity contribution in [1.29, 1.82) is 0 Å². The number of rotatable bonds is 4. The zero-order valence-corrected chi connectivity index (χ0v) is 12.7. The van der Waals surface area contributed by atoms with Gasteiger partial charge in [0.1, 0.15) is 5.82 Å². The SMILES string of the molecule is CC1(C)CCCC1c1nc2ccccc2n1CCC(=O)O. The number of hydrogen-bond acceptors (Lipinski definition) is 2. The molecule has 1 atom stereocenters. The monoisotopic (exact) mass is 286 g/mol. The Morgan fingerprint density at radius 2 is 2.19 bits per heavy atom. The molecule has 0 spiro atoms. The molecular formula is C17H22N2O2.